The molecule has 0 aromatic carbocycles. The van der Waals surface area contributed by atoms with Crippen LogP contribution in [0.15, 0.2) is 23.7 Å². The molecule has 1 N–H and O–H groups in total. The van der Waals surface area contributed by atoms with E-state index in [-0.39, 0.29) is 17.1 Å². The number of hydrogen-bond donors (Lipinski definition) is 1. The zero-order valence-corrected chi connectivity index (χ0v) is 14.6. The van der Waals surface area contributed by atoms with Gasteiger partial charge in [0.25, 0.3) is 0 Å². The van der Waals surface area contributed by atoms with Crippen LogP contribution in [-0.4, -0.2) is 38.8 Å². The van der Waals surface area contributed by atoms with E-state index < -0.39 is 0 Å². The van der Waals surface area contributed by atoms with E-state index in [0.29, 0.717) is 0 Å². The molecule has 1 saturated carbocycles. The van der Waals surface area contributed by atoms with Crippen LogP contribution in [0, 0.1) is 11.8 Å². The van der Waals surface area contributed by atoms with Crippen LogP contribution in [0.2, 0.25) is 0 Å². The van der Waals surface area contributed by atoms with Crippen LogP contribution in [-0.2, 0) is 17.1 Å². The van der Waals surface area contributed by atoms with Crippen LogP contribution >= 0.6 is 12.2 Å². The van der Waals surface area contributed by atoms with E-state index in [2.05, 4.69) is 25.4 Å². The second-order valence-corrected chi connectivity index (χ2v) is 6.38. The minimum absolute atomic E-state index is 0. The molecule has 22 heavy (non-hydrogen) atoms. The second kappa shape index (κ2) is 7.99. The third-order valence-electron chi connectivity index (χ3n) is 4.46. The molecule has 3 heterocycles. The molecule has 0 radical (unpaired) electrons. The van der Waals surface area contributed by atoms with Crippen molar-refractivity contribution in [1.82, 2.24) is 20.3 Å². The van der Waals surface area contributed by atoms with Crippen molar-refractivity contribution in [1.29, 1.82) is 0 Å². The summed E-state index contributed by atoms with van der Waals surface area (Å²) in [6.45, 7) is 4.05. The van der Waals surface area contributed by atoms with E-state index in [4.69, 9.17) is 12.2 Å². The van der Waals surface area contributed by atoms with Gasteiger partial charge in [0.05, 0.1) is 11.9 Å². The van der Waals surface area contributed by atoms with E-state index >= 15 is 0 Å². The smallest absolute Gasteiger partial charge is 0.189 e. The van der Waals surface area contributed by atoms with Gasteiger partial charge in [0, 0.05) is 42.6 Å². The summed E-state index contributed by atoms with van der Waals surface area (Å²) in [6, 6.07) is 0. The fourth-order valence-corrected chi connectivity index (χ4v) is 3.40. The second-order valence-electron chi connectivity index (χ2n) is 6.00. The first kappa shape index (κ1) is 17.3. The van der Waals surface area contributed by atoms with Gasteiger partial charge in [-0.25, -0.2) is 0 Å². The Labute approximate surface area is 147 Å². The number of nitrogens with one attached hydrogen (secondary N) is 1. The van der Waals surface area contributed by atoms with Gasteiger partial charge in [0.2, 0.25) is 0 Å². The zero-order valence-electron chi connectivity index (χ0n) is 12.7. The van der Waals surface area contributed by atoms with E-state index in [1.807, 2.05) is 6.92 Å². The molecule has 0 spiro atoms. The Balaban J connectivity index is 0.00000176. The van der Waals surface area contributed by atoms with Crippen molar-refractivity contribution in [3.63, 3.8) is 0 Å². The van der Waals surface area contributed by atoms with Crippen LogP contribution in [0.25, 0.3) is 0 Å². The minimum Gasteiger partial charge on any atom is -0.347 e. The van der Waals surface area contributed by atoms with Crippen LogP contribution in [0.3, 0.4) is 0 Å². The Morgan fingerprint density at radius 2 is 1.86 bits per heavy atom. The van der Waals surface area contributed by atoms with Crippen molar-refractivity contribution in [2.24, 2.45) is 16.9 Å². The number of nitrogens with zero attached hydrogens (tertiary/aromatic N) is 4. The molecule has 7 heteroatoms. The van der Waals surface area contributed by atoms with Gasteiger partial charge >= 0.3 is 0 Å². The largest absolute Gasteiger partial charge is 0.347 e. The molecule has 0 amide bonds. The normalized spacial score (nSPS) is 24.4. The topological polar surface area (TPSA) is 53.4 Å². The Morgan fingerprint density at radius 3 is 2.41 bits per heavy atom. The molecule has 2 saturated heterocycles. The van der Waals surface area contributed by atoms with Crippen molar-refractivity contribution in [3.05, 3.63) is 24.3 Å². The maximum Gasteiger partial charge on any atom is 0.189 e. The number of hydrogen-bond acceptors (Lipinski definition) is 4. The van der Waals surface area contributed by atoms with Gasteiger partial charge in [-0.3, -0.25) is 15.4 Å². The standard InChI is InChI=1S/C15H21N5S.Fe/c1-11(14-8-16-6-7-17-14)18-19-15(21)20-9-12-2-3-13(10-20)5-4-12;/h6-8,12-13H,2-5,9-10H2,1H3,(H,19,21);. The van der Waals surface area contributed by atoms with Gasteiger partial charge in [-0.2, -0.15) is 5.10 Å². The zero-order chi connectivity index (χ0) is 14.7. The van der Waals surface area contributed by atoms with Crippen molar-refractivity contribution in [3.8, 4) is 0 Å². The Kier molecular flexibility index (Phi) is 6.29. The molecule has 120 valence electrons. The molecule has 0 atom stereocenters. The molecule has 1 aromatic rings. The Morgan fingerprint density at radius 1 is 1.23 bits per heavy atom. The van der Waals surface area contributed by atoms with Gasteiger partial charge in [-0.15, -0.1) is 0 Å². The molecular formula is C15H21FeN5S. The first-order valence-electron chi connectivity index (χ1n) is 7.58. The predicted molar refractivity (Wildman–Crippen MR) is 87.0 cm³/mol. The van der Waals surface area contributed by atoms with Crippen molar-refractivity contribution < 1.29 is 17.1 Å². The fraction of sp³-hybridized carbons (Fsp3) is 0.600. The van der Waals surface area contributed by atoms with E-state index in [1.165, 1.54) is 25.7 Å². The summed E-state index contributed by atoms with van der Waals surface area (Å²) in [5.41, 5.74) is 4.59. The summed E-state index contributed by atoms with van der Waals surface area (Å²) in [5, 5.41) is 5.09. The molecule has 3 aliphatic rings. The third kappa shape index (κ3) is 4.24. The monoisotopic (exact) mass is 359 g/mol. The van der Waals surface area contributed by atoms with Gasteiger partial charge in [-0.1, -0.05) is 0 Å². The number of fused-ring (bicyclic) bond motifs is 4. The quantitative estimate of drug-likeness (QED) is 0.380. The number of rotatable bonds is 2. The third-order valence-corrected chi connectivity index (χ3v) is 4.81. The van der Waals surface area contributed by atoms with Gasteiger partial charge in [-0.05, 0) is 56.7 Å². The van der Waals surface area contributed by atoms with Crippen LogP contribution in [0.4, 0.5) is 0 Å². The average molecular weight is 359 g/mol. The van der Waals surface area contributed by atoms with E-state index in [0.717, 1.165) is 41.4 Å². The van der Waals surface area contributed by atoms with Crippen LogP contribution in [0.5, 0.6) is 0 Å². The molecule has 1 aliphatic carbocycles. The van der Waals surface area contributed by atoms with Crippen molar-refractivity contribution in [2.45, 2.75) is 32.6 Å². The summed E-state index contributed by atoms with van der Waals surface area (Å²) >= 11 is 5.51. The number of hydrazone groups is 1. The molecular weight excluding hydrogens is 338 g/mol. The molecule has 2 aliphatic heterocycles. The predicted octanol–water partition coefficient (Wildman–Crippen LogP) is 2.19. The van der Waals surface area contributed by atoms with Crippen LogP contribution < -0.4 is 5.43 Å². The molecule has 0 unspecified atom stereocenters. The molecule has 5 nitrogen and oxygen atoms in total. The fourth-order valence-electron chi connectivity index (χ4n) is 3.21. The number of aromatic nitrogens is 2. The number of thiocarbonyl (C=S) groups is 1. The summed E-state index contributed by atoms with van der Waals surface area (Å²) in [5.74, 6) is 1.60. The minimum atomic E-state index is 0. The maximum atomic E-state index is 5.51. The molecule has 1 aromatic heterocycles. The summed E-state index contributed by atoms with van der Waals surface area (Å²) in [7, 11) is 0. The Bertz CT molecular complexity index is 514. The maximum absolute atomic E-state index is 5.51. The first-order valence-corrected chi connectivity index (χ1v) is 7.99. The summed E-state index contributed by atoms with van der Waals surface area (Å²) in [6.07, 6.45) is 10.4. The average Bonchev–Trinajstić information content (AvgIpc) is 2.87. The van der Waals surface area contributed by atoms with Gasteiger partial charge in [0.15, 0.2) is 5.11 Å². The van der Waals surface area contributed by atoms with Crippen molar-refractivity contribution in [2.75, 3.05) is 13.1 Å². The van der Waals surface area contributed by atoms with Crippen LogP contribution in [0.1, 0.15) is 38.3 Å². The SMILES string of the molecule is CC(=NNC(=S)N1CC2CCC(CC2)C1)c1cnccn1.[Fe]. The van der Waals surface area contributed by atoms with E-state index in [9.17, 15) is 0 Å². The molecule has 3 fully saturated rings. The van der Waals surface area contributed by atoms with Gasteiger partial charge < -0.3 is 4.90 Å². The summed E-state index contributed by atoms with van der Waals surface area (Å²) < 4.78 is 0. The first-order chi connectivity index (χ1) is 10.2. The summed E-state index contributed by atoms with van der Waals surface area (Å²) in [4.78, 5) is 10.6. The van der Waals surface area contributed by atoms with Crippen molar-refractivity contribution >= 4 is 23.0 Å². The van der Waals surface area contributed by atoms with Gasteiger partial charge in [0.1, 0.15) is 5.69 Å². The van der Waals surface area contributed by atoms with E-state index in [1.54, 1.807) is 18.6 Å². The Hall–Kier alpha value is -1.04. The molecule has 2 bridgehead atoms. The molecule has 4 rings (SSSR count).